The number of nitrogens with zero attached hydrogens (tertiary/aromatic N) is 2. The highest BCUT2D eigenvalue weighted by atomic mass is 16.5. The molecule has 1 aromatic carbocycles. The fourth-order valence-corrected chi connectivity index (χ4v) is 1.70. The highest BCUT2D eigenvalue weighted by molar-refractivity contribution is 5.97. The van der Waals surface area contributed by atoms with Crippen LogP contribution in [0.25, 0.3) is 11.0 Å². The summed E-state index contributed by atoms with van der Waals surface area (Å²) in [6.07, 6.45) is 3.24. The van der Waals surface area contributed by atoms with Gasteiger partial charge in [0.15, 0.2) is 0 Å². The lowest BCUT2D eigenvalue weighted by molar-refractivity contribution is 0.0905. The van der Waals surface area contributed by atoms with Crippen LogP contribution in [0.15, 0.2) is 30.6 Å². The van der Waals surface area contributed by atoms with Crippen molar-refractivity contribution in [3.8, 4) is 0 Å². The topological polar surface area (TPSA) is 64.1 Å². The minimum absolute atomic E-state index is 0.0277. The molecule has 0 aliphatic carbocycles. The van der Waals surface area contributed by atoms with Crippen LogP contribution >= 0.6 is 0 Å². The first-order valence-corrected chi connectivity index (χ1v) is 5.71. The van der Waals surface area contributed by atoms with Crippen molar-refractivity contribution in [3.05, 3.63) is 36.2 Å². The standard InChI is InChI=1S/C13H15N3O2/c1-9(8-18-2)16-13(17)10-3-4-11-12(7-10)15-6-5-14-11/h3-7,9H,8H2,1-2H3,(H,16,17). The van der Waals surface area contributed by atoms with E-state index in [1.54, 1.807) is 37.7 Å². The van der Waals surface area contributed by atoms with E-state index in [4.69, 9.17) is 4.74 Å². The lowest BCUT2D eigenvalue weighted by Crippen LogP contribution is -2.35. The smallest absolute Gasteiger partial charge is 0.251 e. The average Bonchev–Trinajstić information content (AvgIpc) is 2.38. The van der Waals surface area contributed by atoms with E-state index in [1.807, 2.05) is 6.92 Å². The maximum atomic E-state index is 12.0. The van der Waals surface area contributed by atoms with Gasteiger partial charge in [-0.05, 0) is 25.1 Å². The molecule has 0 radical (unpaired) electrons. The summed E-state index contributed by atoms with van der Waals surface area (Å²) in [6.45, 7) is 2.38. The molecule has 2 rings (SSSR count). The molecule has 0 fully saturated rings. The van der Waals surface area contributed by atoms with E-state index in [9.17, 15) is 4.79 Å². The zero-order valence-electron chi connectivity index (χ0n) is 10.4. The first-order valence-electron chi connectivity index (χ1n) is 5.71. The Balaban J connectivity index is 2.17. The molecule has 0 spiro atoms. The molecular weight excluding hydrogens is 230 g/mol. The van der Waals surface area contributed by atoms with Crippen molar-refractivity contribution in [2.75, 3.05) is 13.7 Å². The zero-order chi connectivity index (χ0) is 13.0. The Morgan fingerprint density at radius 1 is 1.33 bits per heavy atom. The second kappa shape index (κ2) is 5.55. The summed E-state index contributed by atoms with van der Waals surface area (Å²) in [5, 5.41) is 2.85. The first-order chi connectivity index (χ1) is 8.70. The van der Waals surface area contributed by atoms with Crippen LogP contribution in [0.1, 0.15) is 17.3 Å². The highest BCUT2D eigenvalue weighted by Crippen LogP contribution is 2.10. The monoisotopic (exact) mass is 245 g/mol. The third kappa shape index (κ3) is 2.81. The highest BCUT2D eigenvalue weighted by Gasteiger charge is 2.10. The van der Waals surface area contributed by atoms with Crippen LogP contribution < -0.4 is 5.32 Å². The summed E-state index contributed by atoms with van der Waals surface area (Å²) in [4.78, 5) is 20.3. The van der Waals surface area contributed by atoms with Crippen molar-refractivity contribution in [2.45, 2.75) is 13.0 Å². The van der Waals surface area contributed by atoms with Gasteiger partial charge in [0.1, 0.15) is 0 Å². The van der Waals surface area contributed by atoms with Gasteiger partial charge >= 0.3 is 0 Å². The summed E-state index contributed by atoms with van der Waals surface area (Å²) >= 11 is 0. The van der Waals surface area contributed by atoms with Crippen LogP contribution in [0.3, 0.4) is 0 Å². The molecule has 1 N–H and O–H groups in total. The number of hydrogen-bond acceptors (Lipinski definition) is 4. The Morgan fingerprint density at radius 2 is 2.06 bits per heavy atom. The summed E-state index contributed by atoms with van der Waals surface area (Å²) in [5.41, 5.74) is 2.06. The molecule has 1 amide bonds. The van der Waals surface area contributed by atoms with Gasteiger partial charge in [0.2, 0.25) is 0 Å². The van der Waals surface area contributed by atoms with Crippen molar-refractivity contribution in [1.82, 2.24) is 15.3 Å². The fourth-order valence-electron chi connectivity index (χ4n) is 1.70. The van der Waals surface area contributed by atoms with E-state index in [2.05, 4.69) is 15.3 Å². The molecule has 0 saturated heterocycles. The van der Waals surface area contributed by atoms with Crippen LogP contribution in [-0.2, 0) is 4.74 Å². The molecule has 18 heavy (non-hydrogen) atoms. The molecule has 5 heteroatoms. The summed E-state index contributed by atoms with van der Waals surface area (Å²) < 4.78 is 4.97. The van der Waals surface area contributed by atoms with Crippen molar-refractivity contribution >= 4 is 16.9 Å². The van der Waals surface area contributed by atoms with Gasteiger partial charge in [-0.2, -0.15) is 0 Å². The molecule has 1 heterocycles. The summed E-state index contributed by atoms with van der Waals surface area (Å²) in [5.74, 6) is -0.132. The van der Waals surface area contributed by atoms with Gasteiger partial charge in [-0.1, -0.05) is 0 Å². The number of fused-ring (bicyclic) bond motifs is 1. The third-order valence-corrected chi connectivity index (χ3v) is 2.53. The number of nitrogens with one attached hydrogen (secondary N) is 1. The fraction of sp³-hybridized carbons (Fsp3) is 0.308. The maximum Gasteiger partial charge on any atom is 0.251 e. The predicted molar refractivity (Wildman–Crippen MR) is 68.3 cm³/mol. The van der Waals surface area contributed by atoms with Crippen molar-refractivity contribution < 1.29 is 9.53 Å². The van der Waals surface area contributed by atoms with Crippen molar-refractivity contribution in [3.63, 3.8) is 0 Å². The van der Waals surface area contributed by atoms with E-state index < -0.39 is 0 Å². The van der Waals surface area contributed by atoms with Crippen LogP contribution in [0, 0.1) is 0 Å². The maximum absolute atomic E-state index is 12.0. The number of carbonyl (C=O) groups is 1. The van der Waals surface area contributed by atoms with Crippen molar-refractivity contribution in [2.24, 2.45) is 0 Å². The molecule has 0 saturated carbocycles. The molecule has 2 aromatic rings. The molecule has 0 bridgehead atoms. The molecular formula is C13H15N3O2. The van der Waals surface area contributed by atoms with Gasteiger partial charge in [-0.25, -0.2) is 0 Å². The second-order valence-electron chi connectivity index (χ2n) is 4.09. The number of methoxy groups -OCH3 is 1. The number of benzene rings is 1. The SMILES string of the molecule is COCC(C)NC(=O)c1ccc2nccnc2c1. The first kappa shape index (κ1) is 12.4. The van der Waals surface area contributed by atoms with Crippen LogP contribution in [0.2, 0.25) is 0 Å². The molecule has 5 nitrogen and oxygen atoms in total. The van der Waals surface area contributed by atoms with E-state index in [1.165, 1.54) is 0 Å². The number of rotatable bonds is 4. The Hall–Kier alpha value is -2.01. The van der Waals surface area contributed by atoms with Gasteiger partial charge in [0, 0.05) is 31.1 Å². The van der Waals surface area contributed by atoms with E-state index in [-0.39, 0.29) is 11.9 Å². The Morgan fingerprint density at radius 3 is 2.78 bits per heavy atom. The molecule has 1 atom stereocenters. The van der Waals surface area contributed by atoms with Gasteiger partial charge in [0.05, 0.1) is 17.6 Å². The van der Waals surface area contributed by atoms with Gasteiger partial charge < -0.3 is 10.1 Å². The minimum atomic E-state index is -0.132. The van der Waals surface area contributed by atoms with Gasteiger partial charge in [0.25, 0.3) is 5.91 Å². The molecule has 0 aliphatic heterocycles. The number of ether oxygens (including phenoxy) is 1. The van der Waals surface area contributed by atoms with Crippen LogP contribution in [0.4, 0.5) is 0 Å². The molecule has 94 valence electrons. The normalized spacial score (nSPS) is 12.3. The van der Waals surface area contributed by atoms with Crippen molar-refractivity contribution in [1.29, 1.82) is 0 Å². The van der Waals surface area contributed by atoms with Crippen LogP contribution in [-0.4, -0.2) is 35.6 Å². The number of hydrogen-bond donors (Lipinski definition) is 1. The van der Waals surface area contributed by atoms with E-state index >= 15 is 0 Å². The minimum Gasteiger partial charge on any atom is -0.383 e. The van der Waals surface area contributed by atoms with Gasteiger partial charge in [-0.15, -0.1) is 0 Å². The van der Waals surface area contributed by atoms with E-state index in [0.29, 0.717) is 17.7 Å². The molecule has 1 aromatic heterocycles. The quantitative estimate of drug-likeness (QED) is 0.884. The number of amides is 1. The van der Waals surface area contributed by atoms with E-state index in [0.717, 1.165) is 5.52 Å². The number of carbonyl (C=O) groups excluding carboxylic acids is 1. The summed E-state index contributed by atoms with van der Waals surface area (Å²) in [6, 6.07) is 5.24. The lowest BCUT2D eigenvalue weighted by atomic mass is 10.1. The largest absolute Gasteiger partial charge is 0.383 e. The third-order valence-electron chi connectivity index (χ3n) is 2.53. The van der Waals surface area contributed by atoms with Gasteiger partial charge in [-0.3, -0.25) is 14.8 Å². The lowest BCUT2D eigenvalue weighted by Gasteiger charge is -2.12. The average molecular weight is 245 g/mol. The Bertz CT molecular complexity index is 557. The molecule has 1 unspecified atom stereocenters. The Labute approximate surface area is 105 Å². The predicted octanol–water partition coefficient (Wildman–Crippen LogP) is 1.39. The summed E-state index contributed by atoms with van der Waals surface area (Å²) in [7, 11) is 1.61. The Kier molecular flexibility index (Phi) is 3.84. The van der Waals surface area contributed by atoms with Crippen LogP contribution in [0.5, 0.6) is 0 Å². The molecule has 0 aliphatic rings. The zero-order valence-corrected chi connectivity index (χ0v) is 10.4. The second-order valence-corrected chi connectivity index (χ2v) is 4.09. The number of aromatic nitrogens is 2.